The third-order valence-corrected chi connectivity index (χ3v) is 2.94. The molecule has 1 heterocycles. The summed E-state index contributed by atoms with van der Waals surface area (Å²) in [5, 5.41) is 11.9. The minimum atomic E-state index is 0.0734. The van der Waals surface area contributed by atoms with Crippen LogP contribution in [0.4, 0.5) is 0 Å². The molecule has 2 aromatic rings. The van der Waals surface area contributed by atoms with Gasteiger partial charge in [-0.15, -0.1) is 0 Å². The summed E-state index contributed by atoms with van der Waals surface area (Å²) < 4.78 is 5.28. The summed E-state index contributed by atoms with van der Waals surface area (Å²) in [6.45, 7) is 3.60. The smallest absolute Gasteiger partial charge is 0.174 e. The molecule has 20 heavy (non-hydrogen) atoms. The molecule has 1 aromatic heterocycles. The Balaban J connectivity index is 1.88. The molecule has 0 aliphatic carbocycles. The fraction of sp³-hybridized carbons (Fsp3) is 0.250. The largest absolute Gasteiger partial charge is 0.479 e. The summed E-state index contributed by atoms with van der Waals surface area (Å²) in [6, 6.07) is 13.7. The van der Waals surface area contributed by atoms with Crippen LogP contribution in [0.5, 0.6) is 5.75 Å². The highest BCUT2D eigenvalue weighted by molar-refractivity contribution is 5.28. The van der Waals surface area contributed by atoms with Crippen LogP contribution in [-0.2, 0) is 13.1 Å². The van der Waals surface area contributed by atoms with Gasteiger partial charge < -0.3 is 10.1 Å². The van der Waals surface area contributed by atoms with Crippen LogP contribution in [0.25, 0.3) is 0 Å². The number of pyridine rings is 1. The molecule has 0 saturated carbocycles. The summed E-state index contributed by atoms with van der Waals surface area (Å²) >= 11 is 0. The van der Waals surface area contributed by atoms with E-state index in [1.54, 1.807) is 6.20 Å². The number of ether oxygens (including phenoxy) is 1. The molecule has 2 rings (SSSR count). The highest BCUT2D eigenvalue weighted by Gasteiger charge is 2.00. The molecule has 102 valence electrons. The van der Waals surface area contributed by atoms with Crippen LogP contribution < -0.4 is 10.1 Å². The van der Waals surface area contributed by atoms with Gasteiger partial charge in [0, 0.05) is 19.3 Å². The first kappa shape index (κ1) is 14.0. The van der Waals surface area contributed by atoms with Gasteiger partial charge in [0.05, 0.1) is 5.69 Å². The average molecular weight is 267 g/mol. The van der Waals surface area contributed by atoms with E-state index >= 15 is 0 Å². The Kier molecular flexibility index (Phi) is 5.10. The van der Waals surface area contributed by atoms with Crippen molar-refractivity contribution in [1.82, 2.24) is 10.3 Å². The standard InChI is InChI=1S/C16H17N3O/c1-13-4-3-8-19-16(13)12-18-11-14-5-2-6-15(10-14)20-9-7-17/h2-6,8,10,18H,9,11-12H2,1H3. The van der Waals surface area contributed by atoms with Crippen molar-refractivity contribution in [3.63, 3.8) is 0 Å². The molecule has 1 aromatic carbocycles. The van der Waals surface area contributed by atoms with Gasteiger partial charge in [0.2, 0.25) is 0 Å². The van der Waals surface area contributed by atoms with E-state index in [1.165, 1.54) is 5.56 Å². The Morgan fingerprint density at radius 2 is 2.15 bits per heavy atom. The summed E-state index contributed by atoms with van der Waals surface area (Å²) in [7, 11) is 0. The Hall–Kier alpha value is -2.38. The van der Waals surface area contributed by atoms with E-state index in [0.717, 1.165) is 30.1 Å². The predicted molar refractivity (Wildman–Crippen MR) is 77.1 cm³/mol. The lowest BCUT2D eigenvalue weighted by molar-refractivity contribution is 0.367. The maximum absolute atomic E-state index is 8.50. The zero-order chi connectivity index (χ0) is 14.2. The van der Waals surface area contributed by atoms with E-state index in [2.05, 4.69) is 23.3 Å². The predicted octanol–water partition coefficient (Wildman–Crippen LogP) is 2.58. The van der Waals surface area contributed by atoms with Crippen molar-refractivity contribution < 1.29 is 4.74 Å². The molecule has 0 bridgehead atoms. The topological polar surface area (TPSA) is 57.9 Å². The Labute approximate surface area is 119 Å². The van der Waals surface area contributed by atoms with Crippen molar-refractivity contribution in [3.8, 4) is 11.8 Å². The number of hydrogen-bond acceptors (Lipinski definition) is 4. The fourth-order valence-corrected chi connectivity index (χ4v) is 1.89. The highest BCUT2D eigenvalue weighted by atomic mass is 16.5. The lowest BCUT2D eigenvalue weighted by Crippen LogP contribution is -2.14. The van der Waals surface area contributed by atoms with Gasteiger partial charge in [0.15, 0.2) is 6.61 Å². The summed E-state index contributed by atoms with van der Waals surface area (Å²) in [5.41, 5.74) is 3.37. The second kappa shape index (κ2) is 7.27. The summed E-state index contributed by atoms with van der Waals surface area (Å²) in [6.07, 6.45) is 1.81. The number of benzene rings is 1. The van der Waals surface area contributed by atoms with Gasteiger partial charge in [0.1, 0.15) is 11.8 Å². The van der Waals surface area contributed by atoms with Crippen molar-refractivity contribution >= 4 is 0 Å². The lowest BCUT2D eigenvalue weighted by Gasteiger charge is -2.08. The molecule has 0 amide bonds. The maximum atomic E-state index is 8.50. The minimum Gasteiger partial charge on any atom is -0.479 e. The van der Waals surface area contributed by atoms with Crippen LogP contribution in [0.3, 0.4) is 0 Å². The number of aryl methyl sites for hydroxylation is 1. The van der Waals surface area contributed by atoms with E-state index in [4.69, 9.17) is 10.00 Å². The first-order chi connectivity index (χ1) is 9.79. The third-order valence-electron chi connectivity index (χ3n) is 2.94. The van der Waals surface area contributed by atoms with Crippen LogP contribution in [0.15, 0.2) is 42.6 Å². The van der Waals surface area contributed by atoms with E-state index in [0.29, 0.717) is 0 Å². The van der Waals surface area contributed by atoms with Gasteiger partial charge in [-0.2, -0.15) is 5.26 Å². The van der Waals surface area contributed by atoms with E-state index in [9.17, 15) is 0 Å². The van der Waals surface area contributed by atoms with Crippen molar-refractivity contribution in [2.24, 2.45) is 0 Å². The number of nitriles is 1. The van der Waals surface area contributed by atoms with E-state index in [-0.39, 0.29) is 6.61 Å². The monoisotopic (exact) mass is 267 g/mol. The van der Waals surface area contributed by atoms with Gasteiger partial charge in [-0.3, -0.25) is 4.98 Å². The molecular weight excluding hydrogens is 250 g/mol. The second-order valence-electron chi connectivity index (χ2n) is 4.46. The normalized spacial score (nSPS) is 10.0. The van der Waals surface area contributed by atoms with Crippen molar-refractivity contribution in [1.29, 1.82) is 5.26 Å². The molecule has 4 heteroatoms. The Morgan fingerprint density at radius 3 is 2.95 bits per heavy atom. The van der Waals surface area contributed by atoms with Crippen molar-refractivity contribution in [2.75, 3.05) is 6.61 Å². The molecular formula is C16H17N3O. The van der Waals surface area contributed by atoms with Gasteiger partial charge in [-0.05, 0) is 36.2 Å². The number of aromatic nitrogens is 1. The minimum absolute atomic E-state index is 0.0734. The summed E-state index contributed by atoms with van der Waals surface area (Å²) in [4.78, 5) is 4.34. The average Bonchev–Trinajstić information content (AvgIpc) is 2.48. The molecule has 4 nitrogen and oxygen atoms in total. The van der Waals surface area contributed by atoms with Gasteiger partial charge in [0.25, 0.3) is 0 Å². The molecule has 0 spiro atoms. The van der Waals surface area contributed by atoms with Crippen LogP contribution >= 0.6 is 0 Å². The quantitative estimate of drug-likeness (QED) is 0.874. The number of hydrogen-bond donors (Lipinski definition) is 1. The van der Waals surface area contributed by atoms with Crippen LogP contribution in [0, 0.1) is 18.3 Å². The third kappa shape index (κ3) is 4.08. The molecule has 1 N–H and O–H groups in total. The number of nitrogens with one attached hydrogen (secondary N) is 1. The summed E-state index contributed by atoms with van der Waals surface area (Å²) in [5.74, 6) is 0.722. The maximum Gasteiger partial charge on any atom is 0.174 e. The lowest BCUT2D eigenvalue weighted by atomic mass is 10.2. The van der Waals surface area contributed by atoms with Gasteiger partial charge in [-0.25, -0.2) is 0 Å². The van der Waals surface area contributed by atoms with E-state index < -0.39 is 0 Å². The van der Waals surface area contributed by atoms with Crippen molar-refractivity contribution in [2.45, 2.75) is 20.0 Å². The SMILES string of the molecule is Cc1cccnc1CNCc1cccc(OCC#N)c1. The van der Waals surface area contributed by atoms with Crippen LogP contribution in [-0.4, -0.2) is 11.6 Å². The molecule has 0 aliphatic heterocycles. The molecule has 0 atom stereocenters. The molecule has 0 saturated heterocycles. The van der Waals surface area contributed by atoms with Gasteiger partial charge in [-0.1, -0.05) is 18.2 Å². The van der Waals surface area contributed by atoms with Crippen LogP contribution in [0.2, 0.25) is 0 Å². The Bertz CT molecular complexity index is 605. The highest BCUT2D eigenvalue weighted by Crippen LogP contribution is 2.13. The van der Waals surface area contributed by atoms with E-state index in [1.807, 2.05) is 36.4 Å². The van der Waals surface area contributed by atoms with Crippen LogP contribution in [0.1, 0.15) is 16.8 Å². The van der Waals surface area contributed by atoms with Gasteiger partial charge >= 0.3 is 0 Å². The molecule has 0 fully saturated rings. The number of rotatable bonds is 6. The first-order valence-corrected chi connectivity index (χ1v) is 6.49. The zero-order valence-corrected chi connectivity index (χ0v) is 11.5. The fourth-order valence-electron chi connectivity index (χ4n) is 1.89. The molecule has 0 unspecified atom stereocenters. The second-order valence-corrected chi connectivity index (χ2v) is 4.46. The molecule has 0 aliphatic rings. The molecule has 0 radical (unpaired) electrons. The number of nitrogens with zero attached hydrogens (tertiary/aromatic N) is 2. The zero-order valence-electron chi connectivity index (χ0n) is 11.5. The van der Waals surface area contributed by atoms with Crippen molar-refractivity contribution in [3.05, 3.63) is 59.4 Å². The first-order valence-electron chi connectivity index (χ1n) is 6.49. The Morgan fingerprint density at radius 1 is 1.25 bits per heavy atom.